The van der Waals surface area contributed by atoms with E-state index in [0.717, 1.165) is 12.1 Å². The first-order valence-corrected chi connectivity index (χ1v) is 9.83. The fourth-order valence-corrected chi connectivity index (χ4v) is 2.64. The summed E-state index contributed by atoms with van der Waals surface area (Å²) in [5.41, 5.74) is -0.672. The number of amides is 1. The maximum Gasteiger partial charge on any atom is 0.417 e. The number of esters is 1. The van der Waals surface area contributed by atoms with Crippen molar-refractivity contribution in [2.75, 3.05) is 18.1 Å². The Hall–Kier alpha value is -3.23. The quantitative estimate of drug-likeness (QED) is 0.384. The third-order valence-electron chi connectivity index (χ3n) is 4.07. The van der Waals surface area contributed by atoms with E-state index in [0.29, 0.717) is 5.57 Å². The van der Waals surface area contributed by atoms with E-state index in [1.165, 1.54) is 36.1 Å². The van der Waals surface area contributed by atoms with Gasteiger partial charge in [-0.2, -0.15) is 13.2 Å². The van der Waals surface area contributed by atoms with Gasteiger partial charge in [0.2, 0.25) is 5.88 Å². The standard InChI is InChI=1S/C23H26F3NO5/c1-15(11-12-30-16(2)28)14-27(21(29)32-22(3,4)5)20-10-9-19(31-20)17-7-6-8-18(13-17)23(24,25)26/h6-11,13H,12,14H2,1-5H3/b15-11+. The summed E-state index contributed by atoms with van der Waals surface area (Å²) in [7, 11) is 0. The highest BCUT2D eigenvalue weighted by Gasteiger charge is 2.31. The maximum atomic E-state index is 13.0. The van der Waals surface area contributed by atoms with Crippen molar-refractivity contribution in [1.82, 2.24) is 0 Å². The number of carbonyl (C=O) groups excluding carboxylic acids is 2. The number of carbonyl (C=O) groups is 2. The third-order valence-corrected chi connectivity index (χ3v) is 4.07. The first kappa shape index (κ1) is 25.0. The molecule has 0 saturated carbocycles. The van der Waals surface area contributed by atoms with Gasteiger partial charge in [0.05, 0.1) is 12.1 Å². The zero-order valence-electron chi connectivity index (χ0n) is 18.6. The number of halogens is 3. The number of nitrogens with zero attached hydrogens (tertiary/aromatic N) is 1. The molecule has 9 heteroatoms. The Kier molecular flexibility index (Phi) is 7.77. The molecule has 0 bridgehead atoms. The van der Waals surface area contributed by atoms with E-state index in [-0.39, 0.29) is 30.4 Å². The van der Waals surface area contributed by atoms with Crippen molar-refractivity contribution in [2.45, 2.75) is 46.4 Å². The molecule has 0 spiro atoms. The second-order valence-corrected chi connectivity index (χ2v) is 8.14. The van der Waals surface area contributed by atoms with Crippen LogP contribution in [0.15, 0.2) is 52.5 Å². The van der Waals surface area contributed by atoms with E-state index in [9.17, 15) is 22.8 Å². The molecule has 1 heterocycles. The molecular formula is C23H26F3NO5. The SMILES string of the molecule is CC(=O)OC/C=C(\C)CN(C(=O)OC(C)(C)C)c1ccc(-c2cccc(C(F)(F)F)c2)o1. The van der Waals surface area contributed by atoms with E-state index in [4.69, 9.17) is 13.9 Å². The van der Waals surface area contributed by atoms with Crippen LogP contribution < -0.4 is 4.90 Å². The van der Waals surface area contributed by atoms with Crippen LogP contribution in [0.1, 0.15) is 40.2 Å². The Labute approximate surface area is 184 Å². The van der Waals surface area contributed by atoms with Crippen molar-refractivity contribution in [3.8, 4) is 11.3 Å². The van der Waals surface area contributed by atoms with E-state index < -0.39 is 29.4 Å². The summed E-state index contributed by atoms with van der Waals surface area (Å²) in [6, 6.07) is 7.69. The molecule has 174 valence electrons. The van der Waals surface area contributed by atoms with Crippen molar-refractivity contribution >= 4 is 17.9 Å². The monoisotopic (exact) mass is 453 g/mol. The molecule has 6 nitrogen and oxygen atoms in total. The minimum absolute atomic E-state index is 0.0387. The molecule has 0 aliphatic heterocycles. The zero-order chi connectivity index (χ0) is 24.1. The molecule has 32 heavy (non-hydrogen) atoms. The predicted octanol–water partition coefficient (Wildman–Crippen LogP) is 6.22. The number of alkyl halides is 3. The fraction of sp³-hybridized carbons (Fsp3) is 0.391. The van der Waals surface area contributed by atoms with Gasteiger partial charge in [0.1, 0.15) is 18.0 Å². The molecule has 1 aromatic heterocycles. The highest BCUT2D eigenvalue weighted by atomic mass is 19.4. The Bertz CT molecular complexity index is 986. The van der Waals surface area contributed by atoms with Crippen LogP contribution in [0.25, 0.3) is 11.3 Å². The maximum absolute atomic E-state index is 13.0. The molecule has 0 atom stereocenters. The van der Waals surface area contributed by atoms with Crippen LogP contribution in [0.5, 0.6) is 0 Å². The minimum atomic E-state index is -4.49. The van der Waals surface area contributed by atoms with Gasteiger partial charge in [-0.05, 0) is 52.0 Å². The molecule has 0 aliphatic rings. The summed E-state index contributed by atoms with van der Waals surface area (Å²) in [6.07, 6.45) is -3.55. The average Bonchev–Trinajstić information content (AvgIpc) is 3.13. The summed E-state index contributed by atoms with van der Waals surface area (Å²) in [4.78, 5) is 25.0. The van der Waals surface area contributed by atoms with Gasteiger partial charge >= 0.3 is 18.2 Å². The van der Waals surface area contributed by atoms with E-state index >= 15 is 0 Å². The predicted molar refractivity (Wildman–Crippen MR) is 113 cm³/mol. The number of hydrogen-bond donors (Lipinski definition) is 0. The lowest BCUT2D eigenvalue weighted by Gasteiger charge is -2.26. The lowest BCUT2D eigenvalue weighted by atomic mass is 10.1. The first-order valence-electron chi connectivity index (χ1n) is 9.83. The summed E-state index contributed by atoms with van der Waals surface area (Å²) in [6.45, 7) is 8.25. The summed E-state index contributed by atoms with van der Waals surface area (Å²) in [5.74, 6) is -0.164. The van der Waals surface area contributed by atoms with E-state index in [2.05, 4.69) is 0 Å². The van der Waals surface area contributed by atoms with Crippen LogP contribution in [0, 0.1) is 0 Å². The van der Waals surface area contributed by atoms with Gasteiger partial charge in [0.25, 0.3) is 0 Å². The smallest absolute Gasteiger partial charge is 0.417 e. The molecule has 0 saturated heterocycles. The molecule has 1 amide bonds. The van der Waals surface area contributed by atoms with Crippen LogP contribution in [-0.2, 0) is 20.4 Å². The van der Waals surface area contributed by atoms with Crippen LogP contribution in [0.4, 0.5) is 23.8 Å². The number of hydrogen-bond acceptors (Lipinski definition) is 5. The van der Waals surface area contributed by atoms with Gasteiger partial charge in [0.15, 0.2) is 0 Å². The van der Waals surface area contributed by atoms with E-state index in [1.54, 1.807) is 33.8 Å². The number of furan rings is 1. The number of anilines is 1. The minimum Gasteiger partial charge on any atom is -0.462 e. The molecule has 0 unspecified atom stereocenters. The Morgan fingerprint density at radius 1 is 1.09 bits per heavy atom. The lowest BCUT2D eigenvalue weighted by molar-refractivity contribution is -0.140. The van der Waals surface area contributed by atoms with Gasteiger partial charge in [-0.15, -0.1) is 0 Å². The number of ether oxygens (including phenoxy) is 2. The van der Waals surface area contributed by atoms with Gasteiger partial charge in [-0.1, -0.05) is 17.7 Å². The Balaban J connectivity index is 2.33. The van der Waals surface area contributed by atoms with Crippen LogP contribution in [0.3, 0.4) is 0 Å². The van der Waals surface area contributed by atoms with Gasteiger partial charge in [-0.3, -0.25) is 4.79 Å². The van der Waals surface area contributed by atoms with Crippen molar-refractivity contribution in [1.29, 1.82) is 0 Å². The van der Waals surface area contributed by atoms with Crippen molar-refractivity contribution in [3.05, 3.63) is 53.6 Å². The molecule has 2 aromatic rings. The molecule has 0 fully saturated rings. The summed E-state index contributed by atoms with van der Waals surface area (Å²) < 4.78 is 55.2. The molecule has 1 aromatic carbocycles. The molecule has 0 radical (unpaired) electrons. The Morgan fingerprint density at radius 2 is 1.78 bits per heavy atom. The molecular weight excluding hydrogens is 427 g/mol. The third kappa shape index (κ3) is 7.47. The first-order chi connectivity index (χ1) is 14.8. The summed E-state index contributed by atoms with van der Waals surface area (Å²) in [5, 5.41) is 0. The topological polar surface area (TPSA) is 69.0 Å². The molecule has 2 rings (SSSR count). The van der Waals surface area contributed by atoms with Crippen LogP contribution >= 0.6 is 0 Å². The Morgan fingerprint density at radius 3 is 2.38 bits per heavy atom. The second-order valence-electron chi connectivity index (χ2n) is 8.14. The van der Waals surface area contributed by atoms with Crippen molar-refractivity contribution in [3.63, 3.8) is 0 Å². The van der Waals surface area contributed by atoms with Crippen molar-refractivity contribution in [2.24, 2.45) is 0 Å². The van der Waals surface area contributed by atoms with Crippen molar-refractivity contribution < 1.29 is 36.7 Å². The molecule has 0 N–H and O–H groups in total. The van der Waals surface area contributed by atoms with E-state index in [1.807, 2.05) is 0 Å². The van der Waals surface area contributed by atoms with Crippen LogP contribution in [0.2, 0.25) is 0 Å². The van der Waals surface area contributed by atoms with Gasteiger partial charge in [-0.25, -0.2) is 9.69 Å². The lowest BCUT2D eigenvalue weighted by Crippen LogP contribution is -2.37. The second kappa shape index (κ2) is 9.93. The van der Waals surface area contributed by atoms with Gasteiger partial charge < -0.3 is 13.9 Å². The van der Waals surface area contributed by atoms with Crippen LogP contribution in [-0.4, -0.2) is 30.8 Å². The summed E-state index contributed by atoms with van der Waals surface area (Å²) >= 11 is 0. The van der Waals surface area contributed by atoms with Gasteiger partial charge in [0, 0.05) is 18.6 Å². The highest BCUT2D eigenvalue weighted by Crippen LogP contribution is 2.34. The highest BCUT2D eigenvalue weighted by molar-refractivity contribution is 5.87. The normalized spacial score (nSPS) is 12.4. The zero-order valence-corrected chi connectivity index (χ0v) is 18.6. The average molecular weight is 453 g/mol. The molecule has 0 aliphatic carbocycles. The fourth-order valence-electron chi connectivity index (χ4n) is 2.64. The number of benzene rings is 1. The number of rotatable bonds is 6. The largest absolute Gasteiger partial charge is 0.462 e.